The van der Waals surface area contributed by atoms with Crippen LogP contribution in [0, 0.1) is 0 Å². The molecular formula is C14H20N2O5. The Labute approximate surface area is 123 Å². The van der Waals surface area contributed by atoms with Crippen LogP contribution in [0.25, 0.3) is 0 Å². The van der Waals surface area contributed by atoms with Gasteiger partial charge in [0, 0.05) is 25.3 Å². The first-order valence-corrected chi connectivity index (χ1v) is 6.52. The first kappa shape index (κ1) is 16.6. The molecule has 116 valence electrons. The molecule has 0 aliphatic heterocycles. The van der Waals surface area contributed by atoms with Gasteiger partial charge in [0.1, 0.15) is 0 Å². The number of ether oxygens (including phenoxy) is 2. The molecule has 7 nitrogen and oxygen atoms in total. The van der Waals surface area contributed by atoms with Gasteiger partial charge in [-0.05, 0) is 19.1 Å². The monoisotopic (exact) mass is 296 g/mol. The molecule has 2 N–H and O–H groups in total. The fourth-order valence-corrected chi connectivity index (χ4v) is 1.60. The molecule has 1 rings (SSSR count). The summed E-state index contributed by atoms with van der Waals surface area (Å²) in [7, 11) is 3.05. The van der Waals surface area contributed by atoms with Crippen LogP contribution in [0.1, 0.15) is 13.3 Å². The van der Waals surface area contributed by atoms with Crippen molar-refractivity contribution in [3.63, 3.8) is 0 Å². The molecule has 7 heteroatoms. The zero-order valence-corrected chi connectivity index (χ0v) is 12.4. The minimum absolute atomic E-state index is 0.101. The van der Waals surface area contributed by atoms with Crippen molar-refractivity contribution in [2.24, 2.45) is 0 Å². The third-order valence-electron chi connectivity index (χ3n) is 2.72. The van der Waals surface area contributed by atoms with Crippen molar-refractivity contribution in [2.45, 2.75) is 13.3 Å². The van der Waals surface area contributed by atoms with Gasteiger partial charge in [0.2, 0.25) is 0 Å². The van der Waals surface area contributed by atoms with E-state index in [1.54, 1.807) is 18.2 Å². The highest BCUT2D eigenvalue weighted by Crippen LogP contribution is 2.30. The van der Waals surface area contributed by atoms with Crippen molar-refractivity contribution in [2.75, 3.05) is 32.6 Å². The normalized spacial score (nSPS) is 9.86. The van der Waals surface area contributed by atoms with Crippen molar-refractivity contribution < 1.29 is 24.2 Å². The summed E-state index contributed by atoms with van der Waals surface area (Å²) < 4.78 is 10.6. The lowest BCUT2D eigenvalue weighted by Gasteiger charge is -2.17. The quantitative estimate of drug-likeness (QED) is 0.803. The van der Waals surface area contributed by atoms with E-state index in [2.05, 4.69) is 5.32 Å². The minimum atomic E-state index is -0.947. The lowest BCUT2D eigenvalue weighted by molar-refractivity contribution is -0.137. The number of benzene rings is 1. The second kappa shape index (κ2) is 7.98. The van der Waals surface area contributed by atoms with Gasteiger partial charge < -0.3 is 24.8 Å². The number of carboxylic acids is 1. The van der Waals surface area contributed by atoms with Crippen LogP contribution < -0.4 is 14.8 Å². The number of methoxy groups -OCH3 is 1. The third-order valence-corrected chi connectivity index (χ3v) is 2.72. The molecule has 0 atom stereocenters. The van der Waals surface area contributed by atoms with E-state index in [4.69, 9.17) is 14.6 Å². The predicted molar refractivity (Wildman–Crippen MR) is 78.1 cm³/mol. The summed E-state index contributed by atoms with van der Waals surface area (Å²) in [6, 6.07) is 4.65. The Morgan fingerprint density at radius 2 is 2.05 bits per heavy atom. The summed E-state index contributed by atoms with van der Waals surface area (Å²) in [4.78, 5) is 23.7. The molecule has 0 saturated heterocycles. The van der Waals surface area contributed by atoms with Gasteiger partial charge in [-0.15, -0.1) is 0 Å². The Kier molecular flexibility index (Phi) is 6.32. The fourth-order valence-electron chi connectivity index (χ4n) is 1.60. The van der Waals surface area contributed by atoms with E-state index < -0.39 is 5.97 Å². The molecule has 0 radical (unpaired) electrons. The summed E-state index contributed by atoms with van der Waals surface area (Å²) in [5, 5.41) is 11.3. The van der Waals surface area contributed by atoms with Crippen molar-refractivity contribution in [1.82, 2.24) is 4.90 Å². The number of aliphatic carboxylic acids is 1. The van der Waals surface area contributed by atoms with E-state index in [9.17, 15) is 9.59 Å². The summed E-state index contributed by atoms with van der Waals surface area (Å²) in [5.41, 5.74) is 0.544. The van der Waals surface area contributed by atoms with Crippen molar-refractivity contribution in [3.8, 4) is 11.5 Å². The largest absolute Gasteiger partial charge is 0.493 e. The lowest BCUT2D eigenvalue weighted by Crippen LogP contribution is -2.33. The van der Waals surface area contributed by atoms with Gasteiger partial charge >= 0.3 is 12.0 Å². The van der Waals surface area contributed by atoms with Crippen LogP contribution in [-0.2, 0) is 4.79 Å². The van der Waals surface area contributed by atoms with Crippen LogP contribution in [-0.4, -0.2) is 49.3 Å². The SMILES string of the molecule is CCOc1ccc(NC(=O)N(C)CCC(=O)O)cc1OC. The van der Waals surface area contributed by atoms with Crippen LogP contribution >= 0.6 is 0 Å². The van der Waals surface area contributed by atoms with E-state index in [1.165, 1.54) is 19.1 Å². The zero-order valence-electron chi connectivity index (χ0n) is 12.4. The van der Waals surface area contributed by atoms with Gasteiger partial charge in [-0.25, -0.2) is 4.79 Å². The molecule has 21 heavy (non-hydrogen) atoms. The Morgan fingerprint density at radius 1 is 1.33 bits per heavy atom. The summed E-state index contributed by atoms with van der Waals surface area (Å²) in [6.45, 7) is 2.52. The van der Waals surface area contributed by atoms with Crippen molar-refractivity contribution in [3.05, 3.63) is 18.2 Å². The van der Waals surface area contributed by atoms with E-state index in [1.807, 2.05) is 6.92 Å². The van der Waals surface area contributed by atoms with Crippen molar-refractivity contribution >= 4 is 17.7 Å². The zero-order chi connectivity index (χ0) is 15.8. The van der Waals surface area contributed by atoms with Gasteiger partial charge in [0.25, 0.3) is 0 Å². The number of hydrogen-bond acceptors (Lipinski definition) is 4. The maximum Gasteiger partial charge on any atom is 0.321 e. The molecule has 0 fully saturated rings. The van der Waals surface area contributed by atoms with E-state index in [0.29, 0.717) is 23.8 Å². The molecular weight excluding hydrogens is 276 g/mol. The molecule has 0 spiro atoms. The molecule has 2 amide bonds. The van der Waals surface area contributed by atoms with Crippen LogP contribution in [0.2, 0.25) is 0 Å². The Hall–Kier alpha value is -2.44. The molecule has 1 aromatic carbocycles. The molecule has 0 heterocycles. The molecule has 0 bridgehead atoms. The molecule has 1 aromatic rings. The minimum Gasteiger partial charge on any atom is -0.493 e. The average molecular weight is 296 g/mol. The second-order valence-electron chi connectivity index (χ2n) is 4.29. The Morgan fingerprint density at radius 3 is 2.62 bits per heavy atom. The number of urea groups is 1. The number of carbonyl (C=O) groups excluding carboxylic acids is 1. The maximum atomic E-state index is 11.9. The average Bonchev–Trinajstić information content (AvgIpc) is 2.46. The number of nitrogens with one attached hydrogen (secondary N) is 1. The summed E-state index contributed by atoms with van der Waals surface area (Å²) >= 11 is 0. The van der Waals surface area contributed by atoms with Crippen LogP contribution in [0.5, 0.6) is 11.5 Å². The Bertz CT molecular complexity index is 504. The number of hydrogen-bond donors (Lipinski definition) is 2. The highest BCUT2D eigenvalue weighted by molar-refractivity contribution is 5.89. The highest BCUT2D eigenvalue weighted by atomic mass is 16.5. The van der Waals surface area contributed by atoms with E-state index in [0.717, 1.165) is 0 Å². The molecule has 0 aliphatic rings. The first-order chi connectivity index (χ1) is 9.97. The summed E-state index contributed by atoms with van der Waals surface area (Å²) in [6.07, 6.45) is -0.101. The topological polar surface area (TPSA) is 88.1 Å². The number of carboxylic acid groups (broad SMARTS) is 1. The predicted octanol–water partition coefficient (Wildman–Crippen LogP) is 2.03. The number of nitrogens with zero attached hydrogens (tertiary/aromatic N) is 1. The van der Waals surface area contributed by atoms with Gasteiger partial charge in [-0.2, -0.15) is 0 Å². The van der Waals surface area contributed by atoms with Gasteiger partial charge in [-0.3, -0.25) is 4.79 Å². The molecule has 0 aromatic heterocycles. The Balaban J connectivity index is 2.69. The van der Waals surface area contributed by atoms with Crippen LogP contribution in [0.3, 0.4) is 0 Å². The smallest absolute Gasteiger partial charge is 0.321 e. The van der Waals surface area contributed by atoms with E-state index >= 15 is 0 Å². The van der Waals surface area contributed by atoms with E-state index in [-0.39, 0.29) is 19.0 Å². The number of rotatable bonds is 7. The third kappa shape index (κ3) is 5.21. The first-order valence-electron chi connectivity index (χ1n) is 6.52. The van der Waals surface area contributed by atoms with Crippen LogP contribution in [0.4, 0.5) is 10.5 Å². The second-order valence-corrected chi connectivity index (χ2v) is 4.29. The maximum absolute atomic E-state index is 11.9. The number of amides is 2. The summed E-state index contributed by atoms with van der Waals surface area (Å²) in [5.74, 6) is 0.164. The van der Waals surface area contributed by atoms with Crippen LogP contribution in [0.15, 0.2) is 18.2 Å². The van der Waals surface area contributed by atoms with Gasteiger partial charge in [0.05, 0.1) is 20.1 Å². The number of anilines is 1. The number of carbonyl (C=O) groups is 2. The standard InChI is InChI=1S/C14H20N2O5/c1-4-21-11-6-5-10(9-12(11)20-3)15-14(19)16(2)8-7-13(17)18/h5-6,9H,4,7-8H2,1-3H3,(H,15,19)(H,17,18). The van der Waals surface area contributed by atoms with Crippen molar-refractivity contribution in [1.29, 1.82) is 0 Å². The van der Waals surface area contributed by atoms with Gasteiger partial charge in [0.15, 0.2) is 11.5 Å². The lowest BCUT2D eigenvalue weighted by atomic mass is 10.2. The molecule has 0 saturated carbocycles. The fraction of sp³-hybridized carbons (Fsp3) is 0.429. The molecule has 0 aliphatic carbocycles. The molecule has 0 unspecified atom stereocenters. The highest BCUT2D eigenvalue weighted by Gasteiger charge is 2.12. The van der Waals surface area contributed by atoms with Gasteiger partial charge in [-0.1, -0.05) is 0 Å².